The molecule has 0 fully saturated rings. The van der Waals surface area contributed by atoms with E-state index in [1.54, 1.807) is 6.07 Å². The van der Waals surface area contributed by atoms with Gasteiger partial charge in [0.25, 0.3) is 5.91 Å². The number of benzene rings is 2. The molecule has 0 spiro atoms. The highest BCUT2D eigenvalue weighted by Crippen LogP contribution is 2.32. The van der Waals surface area contributed by atoms with Crippen molar-refractivity contribution in [3.63, 3.8) is 0 Å². The Kier molecular flexibility index (Phi) is 3.17. The van der Waals surface area contributed by atoms with Crippen molar-refractivity contribution in [2.45, 2.75) is 0 Å². The molecule has 0 aliphatic rings. The minimum atomic E-state index is -0.473. The van der Waals surface area contributed by atoms with E-state index in [0.717, 1.165) is 11.1 Å². The van der Waals surface area contributed by atoms with Crippen LogP contribution in [0.2, 0.25) is 0 Å². The summed E-state index contributed by atoms with van der Waals surface area (Å²) in [5.41, 5.74) is 2.10. The third-order valence-corrected chi connectivity index (χ3v) is 2.98. The molecule has 0 atom stereocenters. The largest absolute Gasteiger partial charge is 0.449 e. The van der Waals surface area contributed by atoms with Gasteiger partial charge in [-0.2, -0.15) is 0 Å². The number of hydrogen-bond donors (Lipinski definition) is 2. The van der Waals surface area contributed by atoms with Gasteiger partial charge in [-0.05, 0) is 24.3 Å². The zero-order chi connectivity index (χ0) is 13.9. The second-order valence-electron chi connectivity index (χ2n) is 4.27. The average Bonchev–Trinajstić information content (AvgIpc) is 2.86. The minimum Gasteiger partial charge on any atom is -0.449 e. The number of furan rings is 1. The molecule has 3 aromatic rings. The summed E-state index contributed by atoms with van der Waals surface area (Å²) in [6.45, 7) is 0. The molecule has 4 nitrogen and oxygen atoms in total. The first-order chi connectivity index (χ1) is 9.79. The van der Waals surface area contributed by atoms with Crippen LogP contribution in [0.1, 0.15) is 10.6 Å². The Bertz CT molecular complexity index is 753. The maximum Gasteiger partial charge on any atom is 0.276 e. The number of para-hydroxylation sites is 2. The predicted molar refractivity (Wildman–Crippen MR) is 79.2 cm³/mol. The number of anilines is 2. The summed E-state index contributed by atoms with van der Waals surface area (Å²) in [6.07, 6.45) is 0. The normalized spacial score (nSPS) is 10.4. The van der Waals surface area contributed by atoms with Gasteiger partial charge in [0.05, 0.1) is 5.69 Å². The van der Waals surface area contributed by atoms with Crippen LogP contribution in [0.25, 0.3) is 11.0 Å². The van der Waals surface area contributed by atoms with Gasteiger partial charge >= 0.3 is 0 Å². The van der Waals surface area contributed by atoms with Crippen LogP contribution in [0, 0.1) is 0 Å². The van der Waals surface area contributed by atoms with Gasteiger partial charge in [-0.1, -0.05) is 30.3 Å². The number of rotatable bonds is 3. The lowest BCUT2D eigenvalue weighted by atomic mass is 10.2. The average molecular weight is 262 g/mol. The monoisotopic (exact) mass is 262 g/mol. The summed E-state index contributed by atoms with van der Waals surface area (Å²) in [5.74, 6) is -0.308. The van der Waals surface area contributed by atoms with Crippen LogP contribution < -0.4 is 10.5 Å². The van der Waals surface area contributed by atoms with E-state index in [2.05, 4.69) is 10.5 Å². The van der Waals surface area contributed by atoms with Crippen LogP contribution in [-0.4, -0.2) is 13.9 Å². The minimum absolute atomic E-state index is 0.164. The summed E-state index contributed by atoms with van der Waals surface area (Å²) in [7, 11) is 5.20. The van der Waals surface area contributed by atoms with Gasteiger partial charge in [0.1, 0.15) is 5.58 Å². The molecule has 96 valence electrons. The van der Waals surface area contributed by atoms with Crippen LogP contribution in [0.3, 0.4) is 0 Å². The van der Waals surface area contributed by atoms with Crippen molar-refractivity contribution < 1.29 is 9.21 Å². The van der Waals surface area contributed by atoms with Crippen molar-refractivity contribution in [1.29, 1.82) is 0 Å². The van der Waals surface area contributed by atoms with Crippen molar-refractivity contribution in [2.75, 3.05) is 5.32 Å². The second kappa shape index (κ2) is 5.13. The Morgan fingerprint density at radius 3 is 2.45 bits per heavy atom. The van der Waals surface area contributed by atoms with Crippen molar-refractivity contribution in [2.24, 2.45) is 0 Å². The molecule has 20 heavy (non-hydrogen) atoms. The van der Waals surface area contributed by atoms with Gasteiger partial charge in [0.2, 0.25) is 13.7 Å². The molecule has 0 saturated heterocycles. The summed E-state index contributed by atoms with van der Waals surface area (Å²) in [5, 5.41) is 6.12. The van der Waals surface area contributed by atoms with E-state index in [4.69, 9.17) is 12.4 Å². The van der Waals surface area contributed by atoms with E-state index in [1.807, 2.05) is 48.5 Å². The van der Waals surface area contributed by atoms with E-state index >= 15 is 0 Å². The van der Waals surface area contributed by atoms with Crippen molar-refractivity contribution in [3.05, 3.63) is 60.4 Å². The van der Waals surface area contributed by atoms with Crippen LogP contribution in [0.15, 0.2) is 59.0 Å². The highest BCUT2D eigenvalue weighted by atomic mass is 16.3. The fraction of sp³-hybridized carbons (Fsp3) is 0. The Labute approximate surface area is 117 Å². The highest BCUT2D eigenvalue weighted by Gasteiger charge is 2.19. The number of hydrogen-bond acceptors (Lipinski definition) is 3. The third-order valence-electron chi connectivity index (χ3n) is 2.98. The number of nitrogens with one attached hydrogen (secondary N) is 2. The lowest BCUT2D eigenvalue weighted by Crippen LogP contribution is -2.19. The summed E-state index contributed by atoms with van der Waals surface area (Å²) in [4.78, 5) is 11.8. The maximum absolute atomic E-state index is 11.8. The molecule has 0 aliphatic heterocycles. The molecule has 1 heterocycles. The first-order valence-corrected chi connectivity index (χ1v) is 6.14. The topological polar surface area (TPSA) is 54.3 Å². The predicted octanol–water partition coefficient (Wildman–Crippen LogP) is 2.99. The van der Waals surface area contributed by atoms with Gasteiger partial charge in [-0.15, -0.1) is 0 Å². The summed E-state index contributed by atoms with van der Waals surface area (Å²) in [6, 6.07) is 17.0. The van der Waals surface area contributed by atoms with Gasteiger partial charge in [-0.25, -0.2) is 0 Å². The lowest BCUT2D eigenvalue weighted by molar-refractivity contribution is 0.0958. The molecule has 2 radical (unpaired) electrons. The summed E-state index contributed by atoms with van der Waals surface area (Å²) >= 11 is 0. The van der Waals surface area contributed by atoms with E-state index < -0.39 is 5.91 Å². The lowest BCUT2D eigenvalue weighted by Gasteiger charge is -2.06. The van der Waals surface area contributed by atoms with E-state index in [1.165, 1.54) is 0 Å². The number of carbonyl (C=O) groups excluding carboxylic acids is 1. The zero-order valence-electron chi connectivity index (χ0n) is 10.6. The van der Waals surface area contributed by atoms with Crippen molar-refractivity contribution in [3.8, 4) is 0 Å². The molecule has 2 aromatic carbocycles. The van der Waals surface area contributed by atoms with Crippen LogP contribution >= 0.6 is 0 Å². The molecular weight excluding hydrogens is 251 g/mol. The molecule has 5 heteroatoms. The highest BCUT2D eigenvalue weighted by molar-refractivity contribution is 6.20. The first kappa shape index (κ1) is 12.4. The fourth-order valence-electron chi connectivity index (χ4n) is 2.06. The maximum atomic E-state index is 11.8. The molecule has 0 bridgehead atoms. The van der Waals surface area contributed by atoms with Crippen LogP contribution in [0.5, 0.6) is 0 Å². The molecule has 3 rings (SSSR count). The van der Waals surface area contributed by atoms with Crippen LogP contribution in [-0.2, 0) is 0 Å². The zero-order valence-corrected chi connectivity index (χ0v) is 10.6. The summed E-state index contributed by atoms with van der Waals surface area (Å²) < 4.78 is 5.57. The molecule has 0 unspecified atom stereocenters. The molecule has 2 N–H and O–H groups in total. The van der Waals surface area contributed by atoms with Gasteiger partial charge in [-0.3, -0.25) is 4.79 Å². The Morgan fingerprint density at radius 2 is 1.70 bits per heavy atom. The van der Waals surface area contributed by atoms with Crippen LogP contribution in [0.4, 0.5) is 11.4 Å². The SMILES string of the molecule is [B]NC(=O)c1oc2ccccc2c1Nc1ccccc1. The van der Waals surface area contributed by atoms with Crippen molar-refractivity contribution >= 4 is 36.2 Å². The Hall–Kier alpha value is -2.69. The quantitative estimate of drug-likeness (QED) is 0.713. The smallest absolute Gasteiger partial charge is 0.276 e. The molecular formula is C15H11BN2O2. The van der Waals surface area contributed by atoms with Gasteiger partial charge in [0, 0.05) is 11.1 Å². The van der Waals surface area contributed by atoms with E-state index in [-0.39, 0.29) is 5.76 Å². The number of fused-ring (bicyclic) bond motifs is 1. The van der Waals surface area contributed by atoms with E-state index in [9.17, 15) is 4.79 Å². The van der Waals surface area contributed by atoms with E-state index in [0.29, 0.717) is 11.3 Å². The number of carbonyl (C=O) groups is 1. The molecule has 1 amide bonds. The third kappa shape index (κ3) is 2.14. The molecule has 1 aromatic heterocycles. The van der Waals surface area contributed by atoms with Gasteiger partial charge in [0.15, 0.2) is 0 Å². The Morgan fingerprint density at radius 1 is 1.00 bits per heavy atom. The standard InChI is InChI=1S/C15H11BN2O2/c16-18-15(19)14-13(17-10-6-2-1-3-7-10)11-8-4-5-9-12(11)20-14/h1-9,17H,(H,18,19). The van der Waals surface area contributed by atoms with Crippen molar-refractivity contribution in [1.82, 2.24) is 5.23 Å². The molecule has 0 aliphatic carbocycles. The number of amides is 1. The Balaban J connectivity index is 2.13. The molecule has 0 saturated carbocycles. The first-order valence-electron chi connectivity index (χ1n) is 6.14. The second-order valence-corrected chi connectivity index (χ2v) is 4.27. The van der Waals surface area contributed by atoms with Gasteiger partial charge < -0.3 is 15.0 Å². The fourth-order valence-corrected chi connectivity index (χ4v) is 2.06.